The summed E-state index contributed by atoms with van der Waals surface area (Å²) in [6, 6.07) is 4.68. The Morgan fingerprint density at radius 3 is 2.93 bits per heavy atom. The third-order valence-corrected chi connectivity index (χ3v) is 3.21. The van der Waals surface area contributed by atoms with Crippen molar-refractivity contribution in [1.29, 1.82) is 0 Å². The monoisotopic (exact) mass is 231 g/mol. The van der Waals surface area contributed by atoms with E-state index in [9.17, 15) is 4.39 Å². The summed E-state index contributed by atoms with van der Waals surface area (Å²) in [6.07, 6.45) is 0. The van der Waals surface area contributed by atoms with E-state index < -0.39 is 0 Å². The average Bonchev–Trinajstić information content (AvgIpc) is 2.16. The van der Waals surface area contributed by atoms with Crippen LogP contribution < -0.4 is 5.73 Å². The van der Waals surface area contributed by atoms with Crippen LogP contribution in [0.2, 0.25) is 0 Å². The highest BCUT2D eigenvalue weighted by Crippen LogP contribution is 2.25. The Bertz CT molecular complexity index is 352. The van der Waals surface area contributed by atoms with Gasteiger partial charge in [0.1, 0.15) is 5.82 Å². The molecule has 0 spiro atoms. The Morgan fingerprint density at radius 1 is 1.64 bits per heavy atom. The number of nitrogens with two attached hydrogens (primary N) is 1. The van der Waals surface area contributed by atoms with Crippen LogP contribution in [-0.4, -0.2) is 5.75 Å². The van der Waals surface area contributed by atoms with Crippen molar-refractivity contribution in [3.63, 3.8) is 0 Å². The fourth-order valence-electron chi connectivity index (χ4n) is 0.857. The first-order valence-corrected chi connectivity index (χ1v) is 5.49. The topological polar surface area (TPSA) is 26.0 Å². The molecule has 0 atom stereocenters. The van der Waals surface area contributed by atoms with Crippen molar-refractivity contribution < 1.29 is 4.39 Å². The van der Waals surface area contributed by atoms with Crippen molar-refractivity contribution in [1.82, 2.24) is 0 Å². The molecule has 0 unspecified atom stereocenters. The lowest BCUT2D eigenvalue weighted by Crippen LogP contribution is -1.89. The van der Waals surface area contributed by atoms with Gasteiger partial charge >= 0.3 is 0 Å². The van der Waals surface area contributed by atoms with Crippen molar-refractivity contribution in [2.24, 2.45) is 0 Å². The van der Waals surface area contributed by atoms with Gasteiger partial charge in [0.05, 0.1) is 0 Å². The second-order valence-corrected chi connectivity index (χ2v) is 4.17. The zero-order valence-electron chi connectivity index (χ0n) is 7.76. The second kappa shape index (κ2) is 5.27. The van der Waals surface area contributed by atoms with Gasteiger partial charge in [0.15, 0.2) is 0 Å². The fraction of sp³-hybridized carbons (Fsp3) is 0.200. The van der Waals surface area contributed by atoms with E-state index in [-0.39, 0.29) is 5.82 Å². The predicted octanol–water partition coefficient (Wildman–Crippen LogP) is 3.64. The van der Waals surface area contributed by atoms with Crippen LogP contribution in [0.25, 0.3) is 0 Å². The van der Waals surface area contributed by atoms with Crippen LogP contribution in [-0.2, 0) is 0 Å². The predicted molar refractivity (Wildman–Crippen MR) is 61.1 cm³/mol. The van der Waals surface area contributed by atoms with E-state index in [0.29, 0.717) is 16.3 Å². The zero-order chi connectivity index (χ0) is 10.6. The lowest BCUT2D eigenvalue weighted by Gasteiger charge is -2.03. The van der Waals surface area contributed by atoms with Crippen molar-refractivity contribution in [3.8, 4) is 0 Å². The summed E-state index contributed by atoms with van der Waals surface area (Å²) in [6.45, 7) is 1.90. The highest BCUT2D eigenvalue weighted by Gasteiger charge is 2.02. The molecule has 14 heavy (non-hydrogen) atoms. The van der Waals surface area contributed by atoms with Gasteiger partial charge in [-0.3, -0.25) is 0 Å². The quantitative estimate of drug-likeness (QED) is 0.635. The van der Waals surface area contributed by atoms with Gasteiger partial charge in [0, 0.05) is 21.9 Å². The molecule has 0 fully saturated rings. The molecule has 4 heteroatoms. The van der Waals surface area contributed by atoms with E-state index in [1.54, 1.807) is 12.1 Å². The first-order chi connectivity index (χ1) is 6.63. The van der Waals surface area contributed by atoms with Gasteiger partial charge in [-0.05, 0) is 25.1 Å². The lowest BCUT2D eigenvalue weighted by molar-refractivity contribution is 0.603. The molecule has 0 radical (unpaired) electrons. The molecule has 0 aliphatic rings. The van der Waals surface area contributed by atoms with Crippen LogP contribution in [0.5, 0.6) is 0 Å². The van der Waals surface area contributed by atoms with Gasteiger partial charge in [-0.25, -0.2) is 4.39 Å². The maximum atomic E-state index is 13.3. The maximum Gasteiger partial charge on any atom is 0.138 e. The molecule has 1 rings (SSSR count). The SMILES string of the molecule is C/C(=C/Cl)CSc1ccc(N)cc1F. The molecule has 76 valence electrons. The Labute approximate surface area is 92.1 Å². The number of hydrogen-bond acceptors (Lipinski definition) is 2. The molecule has 0 saturated heterocycles. The molecule has 1 aromatic rings. The van der Waals surface area contributed by atoms with Crippen LogP contribution in [0.15, 0.2) is 34.2 Å². The van der Waals surface area contributed by atoms with Crippen LogP contribution in [0.4, 0.5) is 10.1 Å². The summed E-state index contributed by atoms with van der Waals surface area (Å²) in [5.41, 5.74) is 8.38. The number of anilines is 1. The maximum absolute atomic E-state index is 13.3. The standard InChI is InChI=1S/C10H11ClFNS/c1-7(5-11)6-14-10-3-2-8(13)4-9(10)12/h2-5H,6,13H2,1H3/b7-5-. The first kappa shape index (κ1) is 11.4. The largest absolute Gasteiger partial charge is 0.399 e. The van der Waals surface area contributed by atoms with Gasteiger partial charge < -0.3 is 5.73 Å². The summed E-state index contributed by atoms with van der Waals surface area (Å²) in [5, 5.41) is 0. The van der Waals surface area contributed by atoms with Crippen molar-refractivity contribution in [2.45, 2.75) is 11.8 Å². The molecular formula is C10H11ClFNS. The molecule has 0 heterocycles. The Hall–Kier alpha value is -0.670. The first-order valence-electron chi connectivity index (χ1n) is 4.07. The van der Waals surface area contributed by atoms with Crippen molar-refractivity contribution in [3.05, 3.63) is 35.1 Å². The number of nitrogen functional groups attached to an aromatic ring is 1. The fourth-order valence-corrected chi connectivity index (χ4v) is 1.85. The van der Waals surface area contributed by atoms with E-state index >= 15 is 0 Å². The van der Waals surface area contributed by atoms with E-state index in [2.05, 4.69) is 0 Å². The second-order valence-electron chi connectivity index (χ2n) is 2.93. The average molecular weight is 232 g/mol. The van der Waals surface area contributed by atoms with Gasteiger partial charge in [0.2, 0.25) is 0 Å². The summed E-state index contributed by atoms with van der Waals surface area (Å²) >= 11 is 6.90. The minimum atomic E-state index is -0.280. The number of rotatable bonds is 3. The van der Waals surface area contributed by atoms with Crippen LogP contribution in [0.3, 0.4) is 0 Å². The third-order valence-electron chi connectivity index (χ3n) is 1.60. The molecule has 0 aromatic heterocycles. The Balaban J connectivity index is 2.68. The highest BCUT2D eigenvalue weighted by molar-refractivity contribution is 7.99. The number of hydrogen-bond donors (Lipinski definition) is 1. The molecule has 1 nitrogen and oxygen atoms in total. The minimum Gasteiger partial charge on any atom is -0.399 e. The van der Waals surface area contributed by atoms with Gasteiger partial charge in [0.25, 0.3) is 0 Å². The molecule has 0 aliphatic heterocycles. The van der Waals surface area contributed by atoms with Crippen molar-refractivity contribution in [2.75, 3.05) is 11.5 Å². The third kappa shape index (κ3) is 3.24. The van der Waals surface area contributed by atoms with Gasteiger partial charge in [-0.2, -0.15) is 0 Å². The van der Waals surface area contributed by atoms with E-state index in [1.165, 1.54) is 23.4 Å². The highest BCUT2D eigenvalue weighted by atomic mass is 35.5. The van der Waals surface area contributed by atoms with E-state index in [4.69, 9.17) is 17.3 Å². The Morgan fingerprint density at radius 2 is 2.36 bits per heavy atom. The van der Waals surface area contributed by atoms with Crippen molar-refractivity contribution >= 4 is 29.1 Å². The van der Waals surface area contributed by atoms with Gasteiger partial charge in [-0.15, -0.1) is 11.8 Å². The number of halogens is 2. The molecule has 0 aliphatic carbocycles. The normalized spacial score (nSPS) is 11.8. The number of thioether (sulfide) groups is 1. The minimum absolute atomic E-state index is 0.280. The molecule has 0 saturated carbocycles. The zero-order valence-corrected chi connectivity index (χ0v) is 9.33. The molecule has 0 bridgehead atoms. The van der Waals surface area contributed by atoms with Crippen LogP contribution in [0, 0.1) is 5.82 Å². The lowest BCUT2D eigenvalue weighted by atomic mass is 10.3. The van der Waals surface area contributed by atoms with E-state index in [1.807, 2.05) is 6.92 Å². The molecule has 0 amide bonds. The van der Waals surface area contributed by atoms with Crippen LogP contribution in [0.1, 0.15) is 6.92 Å². The Kier molecular flexibility index (Phi) is 4.29. The summed E-state index contributed by atoms with van der Waals surface area (Å²) in [5.74, 6) is 0.405. The van der Waals surface area contributed by atoms with E-state index in [0.717, 1.165) is 5.57 Å². The van der Waals surface area contributed by atoms with Crippen LogP contribution >= 0.6 is 23.4 Å². The molecular weight excluding hydrogens is 221 g/mol. The summed E-state index contributed by atoms with van der Waals surface area (Å²) < 4.78 is 13.3. The summed E-state index contributed by atoms with van der Waals surface area (Å²) in [4.78, 5) is 0.595. The number of benzene rings is 1. The molecule has 1 aromatic carbocycles. The summed E-state index contributed by atoms with van der Waals surface area (Å²) in [7, 11) is 0. The van der Waals surface area contributed by atoms with Gasteiger partial charge in [-0.1, -0.05) is 17.2 Å². The smallest absolute Gasteiger partial charge is 0.138 e. The molecule has 2 N–H and O–H groups in total.